The van der Waals surface area contributed by atoms with Crippen LogP contribution in [0.1, 0.15) is 46.2 Å². The molecule has 0 aromatic heterocycles. The summed E-state index contributed by atoms with van der Waals surface area (Å²) in [5.74, 6) is 0.921. The Morgan fingerprint density at radius 3 is 2.23 bits per heavy atom. The van der Waals surface area contributed by atoms with Gasteiger partial charge in [0.15, 0.2) is 5.96 Å². The van der Waals surface area contributed by atoms with Gasteiger partial charge >= 0.3 is 0 Å². The Morgan fingerprint density at radius 1 is 1.00 bits per heavy atom. The molecule has 1 aromatic carbocycles. The van der Waals surface area contributed by atoms with E-state index in [-0.39, 0.29) is 0 Å². The fourth-order valence-electron chi connectivity index (χ4n) is 4.19. The zero-order valence-corrected chi connectivity index (χ0v) is 19.9. The summed E-state index contributed by atoms with van der Waals surface area (Å²) in [7, 11) is 0. The van der Waals surface area contributed by atoms with Gasteiger partial charge in [-0.25, -0.2) is 0 Å². The van der Waals surface area contributed by atoms with Crippen molar-refractivity contribution < 1.29 is 0 Å². The van der Waals surface area contributed by atoms with E-state index in [9.17, 15) is 0 Å². The van der Waals surface area contributed by atoms with Crippen LogP contribution in [0.15, 0.2) is 35.3 Å². The molecule has 0 radical (unpaired) electrons. The summed E-state index contributed by atoms with van der Waals surface area (Å²) in [6, 6.07) is 11.6. The van der Waals surface area contributed by atoms with Crippen molar-refractivity contribution in [3.05, 3.63) is 35.9 Å². The molecule has 170 valence electrons. The molecule has 0 amide bonds. The maximum atomic E-state index is 4.93. The second kappa shape index (κ2) is 13.6. The molecule has 2 N–H and O–H groups in total. The van der Waals surface area contributed by atoms with E-state index in [1.807, 2.05) is 0 Å². The topological polar surface area (TPSA) is 46.1 Å². The lowest BCUT2D eigenvalue weighted by Gasteiger charge is -2.37. The number of piperazine rings is 1. The molecule has 1 aromatic rings. The van der Waals surface area contributed by atoms with Gasteiger partial charge in [-0.05, 0) is 39.0 Å². The lowest BCUT2D eigenvalue weighted by molar-refractivity contribution is 0.109. The number of rotatable bonds is 11. The van der Waals surface area contributed by atoms with Crippen molar-refractivity contribution in [1.29, 1.82) is 0 Å². The van der Waals surface area contributed by atoms with Gasteiger partial charge in [-0.3, -0.25) is 14.8 Å². The maximum Gasteiger partial charge on any atom is 0.191 e. The van der Waals surface area contributed by atoms with Crippen LogP contribution < -0.4 is 10.6 Å². The molecule has 2 unspecified atom stereocenters. The number of guanidine groups is 1. The van der Waals surface area contributed by atoms with Crippen LogP contribution in [-0.4, -0.2) is 92.1 Å². The highest BCUT2D eigenvalue weighted by Crippen LogP contribution is 2.19. The van der Waals surface area contributed by atoms with Crippen LogP contribution in [0, 0.1) is 0 Å². The quantitative estimate of drug-likeness (QED) is 0.429. The van der Waals surface area contributed by atoms with Crippen molar-refractivity contribution in [2.24, 2.45) is 4.99 Å². The molecule has 0 bridgehead atoms. The Balaban J connectivity index is 1.97. The van der Waals surface area contributed by atoms with Gasteiger partial charge in [-0.15, -0.1) is 0 Å². The first kappa shape index (κ1) is 24.6. The standard InChI is InChI=1S/C24H44N6/c1-6-25-24(26-19-21(5)30-17-15-28(7-2)16-18-30)27-20-23(29(8-3)9-4)22-13-11-10-12-14-22/h10-14,21,23H,6-9,15-20H2,1-5H3,(H2,25,26,27). The second-order valence-electron chi connectivity index (χ2n) is 8.07. The molecule has 0 saturated carbocycles. The van der Waals surface area contributed by atoms with E-state index in [1.54, 1.807) is 0 Å². The molecular weight excluding hydrogens is 372 g/mol. The molecule has 2 rings (SSSR count). The van der Waals surface area contributed by atoms with Gasteiger partial charge in [-0.2, -0.15) is 0 Å². The van der Waals surface area contributed by atoms with Gasteiger partial charge in [0.05, 0.1) is 12.6 Å². The monoisotopic (exact) mass is 416 g/mol. The summed E-state index contributed by atoms with van der Waals surface area (Å²) in [6.07, 6.45) is 0. The van der Waals surface area contributed by atoms with Gasteiger partial charge in [0, 0.05) is 45.3 Å². The third-order valence-corrected chi connectivity index (χ3v) is 6.24. The van der Waals surface area contributed by atoms with E-state index in [2.05, 4.69) is 90.3 Å². The minimum absolute atomic E-state index is 0.338. The van der Waals surface area contributed by atoms with Gasteiger partial charge in [-0.1, -0.05) is 51.1 Å². The van der Waals surface area contributed by atoms with Crippen LogP contribution in [0.4, 0.5) is 0 Å². The van der Waals surface area contributed by atoms with E-state index < -0.39 is 0 Å². The summed E-state index contributed by atoms with van der Waals surface area (Å²) in [4.78, 5) is 12.5. The van der Waals surface area contributed by atoms with E-state index in [0.29, 0.717) is 12.1 Å². The van der Waals surface area contributed by atoms with Crippen molar-refractivity contribution in [2.75, 3.05) is 65.4 Å². The highest BCUT2D eigenvalue weighted by molar-refractivity contribution is 5.79. The highest BCUT2D eigenvalue weighted by atomic mass is 15.3. The van der Waals surface area contributed by atoms with E-state index >= 15 is 0 Å². The summed E-state index contributed by atoms with van der Waals surface area (Å²) in [5.41, 5.74) is 1.35. The summed E-state index contributed by atoms with van der Waals surface area (Å²) < 4.78 is 0. The zero-order valence-electron chi connectivity index (χ0n) is 19.9. The molecular formula is C24H44N6. The van der Waals surface area contributed by atoms with Gasteiger partial charge in [0.2, 0.25) is 0 Å². The van der Waals surface area contributed by atoms with Crippen LogP contribution in [0.25, 0.3) is 0 Å². The predicted molar refractivity (Wildman–Crippen MR) is 129 cm³/mol. The third-order valence-electron chi connectivity index (χ3n) is 6.24. The van der Waals surface area contributed by atoms with E-state index in [1.165, 1.54) is 18.7 Å². The van der Waals surface area contributed by atoms with Crippen LogP contribution >= 0.6 is 0 Å². The minimum atomic E-state index is 0.338. The first-order chi connectivity index (χ1) is 14.6. The van der Waals surface area contributed by atoms with Gasteiger partial charge in [0.1, 0.15) is 0 Å². The molecule has 1 fully saturated rings. The lowest BCUT2D eigenvalue weighted by Crippen LogP contribution is -2.50. The second-order valence-corrected chi connectivity index (χ2v) is 8.07. The zero-order chi connectivity index (χ0) is 21.8. The average molecular weight is 417 g/mol. The number of aliphatic imine (C=N–C) groups is 1. The predicted octanol–water partition coefficient (Wildman–Crippen LogP) is 2.65. The number of nitrogens with zero attached hydrogens (tertiary/aromatic N) is 4. The SMILES string of the molecule is CCNC(=NCC(C)N1CCN(CC)CC1)NCC(c1ccccc1)N(CC)CC. The van der Waals surface area contributed by atoms with Crippen molar-refractivity contribution in [1.82, 2.24) is 25.3 Å². The normalized spacial score (nSPS) is 18.4. The molecule has 1 aliphatic rings. The van der Waals surface area contributed by atoms with Crippen molar-refractivity contribution in [3.63, 3.8) is 0 Å². The summed E-state index contributed by atoms with van der Waals surface area (Å²) in [6.45, 7) is 21.6. The van der Waals surface area contributed by atoms with Crippen molar-refractivity contribution >= 4 is 5.96 Å². The first-order valence-corrected chi connectivity index (χ1v) is 11.9. The Hall–Kier alpha value is -1.63. The molecule has 1 heterocycles. The molecule has 1 saturated heterocycles. The van der Waals surface area contributed by atoms with E-state index in [4.69, 9.17) is 4.99 Å². The summed E-state index contributed by atoms with van der Waals surface area (Å²) in [5, 5.41) is 7.05. The van der Waals surface area contributed by atoms with Crippen molar-refractivity contribution in [3.8, 4) is 0 Å². The molecule has 2 atom stereocenters. The molecule has 6 nitrogen and oxygen atoms in total. The lowest BCUT2D eigenvalue weighted by atomic mass is 10.1. The number of likely N-dealkylation sites (N-methyl/N-ethyl adjacent to an activating group) is 2. The molecule has 0 spiro atoms. The molecule has 1 aliphatic heterocycles. The Kier molecular flexibility index (Phi) is 11.2. The fraction of sp³-hybridized carbons (Fsp3) is 0.708. The molecule has 6 heteroatoms. The van der Waals surface area contributed by atoms with Gasteiger partial charge in [0.25, 0.3) is 0 Å². The fourth-order valence-corrected chi connectivity index (χ4v) is 4.19. The average Bonchev–Trinajstić information content (AvgIpc) is 2.80. The Labute approximate surface area is 184 Å². The highest BCUT2D eigenvalue weighted by Gasteiger charge is 2.21. The summed E-state index contributed by atoms with van der Waals surface area (Å²) >= 11 is 0. The Morgan fingerprint density at radius 2 is 1.67 bits per heavy atom. The largest absolute Gasteiger partial charge is 0.357 e. The minimum Gasteiger partial charge on any atom is -0.357 e. The third kappa shape index (κ3) is 7.56. The Bertz CT molecular complexity index is 593. The number of benzene rings is 1. The molecule has 0 aliphatic carbocycles. The van der Waals surface area contributed by atoms with Crippen molar-refractivity contribution in [2.45, 2.75) is 46.7 Å². The number of nitrogens with one attached hydrogen (secondary N) is 2. The first-order valence-electron chi connectivity index (χ1n) is 11.9. The number of hydrogen-bond donors (Lipinski definition) is 2. The van der Waals surface area contributed by atoms with Crippen LogP contribution in [-0.2, 0) is 0 Å². The van der Waals surface area contributed by atoms with Crippen LogP contribution in [0.5, 0.6) is 0 Å². The van der Waals surface area contributed by atoms with Crippen LogP contribution in [0.2, 0.25) is 0 Å². The number of hydrogen-bond acceptors (Lipinski definition) is 4. The van der Waals surface area contributed by atoms with E-state index in [0.717, 1.165) is 58.3 Å². The van der Waals surface area contributed by atoms with Gasteiger partial charge < -0.3 is 15.5 Å². The maximum absolute atomic E-state index is 4.93. The van der Waals surface area contributed by atoms with Crippen LogP contribution in [0.3, 0.4) is 0 Å². The smallest absolute Gasteiger partial charge is 0.191 e. The molecule has 30 heavy (non-hydrogen) atoms.